The van der Waals surface area contributed by atoms with Gasteiger partial charge in [-0.25, -0.2) is 4.79 Å². The Morgan fingerprint density at radius 2 is 2.00 bits per heavy atom. The Bertz CT molecular complexity index is 434. The number of ether oxygens (including phenoxy) is 1. The zero-order valence-electron chi connectivity index (χ0n) is 15.5. The van der Waals surface area contributed by atoms with Gasteiger partial charge in [0.1, 0.15) is 5.60 Å². The molecule has 1 aliphatic heterocycles. The van der Waals surface area contributed by atoms with Crippen molar-refractivity contribution in [3.05, 3.63) is 0 Å². The lowest BCUT2D eigenvalue weighted by molar-refractivity contribution is -0.124. The number of nitrogens with two attached hydrogens (primary N) is 1. The van der Waals surface area contributed by atoms with Gasteiger partial charge in [0.15, 0.2) is 0 Å². The molecule has 4 N–H and O–H groups in total. The van der Waals surface area contributed by atoms with Crippen molar-refractivity contribution < 1.29 is 19.4 Å². The summed E-state index contributed by atoms with van der Waals surface area (Å²) in [6.45, 7) is 10.1. The van der Waals surface area contributed by atoms with Crippen molar-refractivity contribution in [1.29, 1.82) is 0 Å². The first-order valence-corrected chi connectivity index (χ1v) is 8.71. The maximum Gasteiger partial charge on any atom is 0.410 e. The van der Waals surface area contributed by atoms with Gasteiger partial charge in [-0.2, -0.15) is 0 Å². The fourth-order valence-electron chi connectivity index (χ4n) is 2.70. The molecule has 0 spiro atoms. The average molecular weight is 343 g/mol. The van der Waals surface area contributed by atoms with E-state index in [1.165, 1.54) is 4.90 Å². The quantitative estimate of drug-likeness (QED) is 0.712. The predicted molar refractivity (Wildman–Crippen MR) is 92.4 cm³/mol. The van der Waals surface area contributed by atoms with Crippen LogP contribution in [-0.4, -0.2) is 58.9 Å². The number of amides is 2. The van der Waals surface area contributed by atoms with E-state index in [4.69, 9.17) is 10.5 Å². The molecule has 0 radical (unpaired) electrons. The van der Waals surface area contributed by atoms with Crippen LogP contribution in [0.2, 0.25) is 0 Å². The van der Waals surface area contributed by atoms with Gasteiger partial charge in [0.05, 0.1) is 24.7 Å². The second-order valence-electron chi connectivity index (χ2n) is 7.99. The van der Waals surface area contributed by atoms with Gasteiger partial charge < -0.3 is 25.8 Å². The van der Waals surface area contributed by atoms with Crippen molar-refractivity contribution in [2.24, 2.45) is 11.7 Å². The number of carbonyl (C=O) groups excluding carboxylic acids is 2. The average Bonchev–Trinajstić information content (AvgIpc) is 2.58. The van der Waals surface area contributed by atoms with Gasteiger partial charge in [0.25, 0.3) is 0 Å². The highest BCUT2D eigenvalue weighted by molar-refractivity contribution is 5.81. The topological polar surface area (TPSA) is 105 Å². The second kappa shape index (κ2) is 8.67. The highest BCUT2D eigenvalue weighted by Gasteiger charge is 2.31. The number of β-amino-alcohol motifs (C(OH)–C–C–N with tert-alkyl or cyclic N) is 1. The zero-order valence-corrected chi connectivity index (χ0v) is 15.5. The largest absolute Gasteiger partial charge is 0.444 e. The summed E-state index contributed by atoms with van der Waals surface area (Å²) in [4.78, 5) is 25.8. The fourth-order valence-corrected chi connectivity index (χ4v) is 2.70. The maximum atomic E-state index is 12.2. The number of nitrogens with one attached hydrogen (secondary N) is 1. The van der Waals surface area contributed by atoms with Crippen LogP contribution in [0.3, 0.4) is 0 Å². The molecule has 0 bridgehead atoms. The Morgan fingerprint density at radius 3 is 2.54 bits per heavy atom. The van der Waals surface area contributed by atoms with Gasteiger partial charge in [0.2, 0.25) is 5.91 Å². The molecule has 0 aliphatic carbocycles. The molecule has 24 heavy (non-hydrogen) atoms. The number of rotatable bonds is 4. The van der Waals surface area contributed by atoms with Crippen molar-refractivity contribution in [3.8, 4) is 0 Å². The standard InChI is InChI=1S/C17H33N3O4/c1-11(2)9-12(18)15(22)19-13-7-6-8-20(10-14(13)21)16(23)24-17(3,4)5/h11-14,21H,6-10,18H2,1-5H3,(H,19,22). The van der Waals surface area contributed by atoms with Crippen LogP contribution in [0, 0.1) is 5.92 Å². The van der Waals surface area contributed by atoms with Crippen molar-refractivity contribution in [3.63, 3.8) is 0 Å². The highest BCUT2D eigenvalue weighted by Crippen LogP contribution is 2.16. The molecular formula is C17H33N3O4. The Morgan fingerprint density at radius 1 is 1.38 bits per heavy atom. The monoisotopic (exact) mass is 343 g/mol. The summed E-state index contributed by atoms with van der Waals surface area (Å²) in [5.41, 5.74) is 5.31. The van der Waals surface area contributed by atoms with E-state index in [0.29, 0.717) is 31.7 Å². The number of carbonyl (C=O) groups is 2. The number of hydrogen-bond acceptors (Lipinski definition) is 5. The van der Waals surface area contributed by atoms with Crippen molar-refractivity contribution in [2.75, 3.05) is 13.1 Å². The number of likely N-dealkylation sites (tertiary alicyclic amines) is 1. The zero-order chi connectivity index (χ0) is 18.5. The third-order valence-corrected chi connectivity index (χ3v) is 3.86. The van der Waals surface area contributed by atoms with E-state index in [2.05, 4.69) is 5.32 Å². The minimum absolute atomic E-state index is 0.138. The van der Waals surface area contributed by atoms with Crippen molar-refractivity contribution >= 4 is 12.0 Å². The van der Waals surface area contributed by atoms with Crippen molar-refractivity contribution in [1.82, 2.24) is 10.2 Å². The van der Waals surface area contributed by atoms with Crippen LogP contribution in [0.25, 0.3) is 0 Å². The van der Waals surface area contributed by atoms with E-state index in [-0.39, 0.29) is 12.5 Å². The van der Waals surface area contributed by atoms with E-state index in [1.807, 2.05) is 13.8 Å². The Balaban J connectivity index is 2.59. The molecule has 1 rings (SSSR count). The van der Waals surface area contributed by atoms with Crippen LogP contribution in [0.1, 0.15) is 53.9 Å². The molecule has 140 valence electrons. The first-order valence-electron chi connectivity index (χ1n) is 8.71. The molecule has 0 aromatic carbocycles. The number of aliphatic hydroxyl groups is 1. The summed E-state index contributed by atoms with van der Waals surface area (Å²) in [5, 5.41) is 13.2. The Labute approximate surface area is 144 Å². The molecule has 3 atom stereocenters. The van der Waals surface area contributed by atoms with Gasteiger partial charge in [-0.1, -0.05) is 13.8 Å². The molecule has 1 heterocycles. The lowest BCUT2D eigenvalue weighted by Crippen LogP contribution is -2.52. The third kappa shape index (κ3) is 7.05. The summed E-state index contributed by atoms with van der Waals surface area (Å²) in [7, 11) is 0. The maximum absolute atomic E-state index is 12.2. The van der Waals surface area contributed by atoms with Crippen molar-refractivity contribution in [2.45, 2.75) is 77.7 Å². The van der Waals surface area contributed by atoms with E-state index < -0.39 is 29.9 Å². The summed E-state index contributed by atoms with van der Waals surface area (Å²) >= 11 is 0. The lowest BCUT2D eigenvalue weighted by Gasteiger charge is -2.28. The second-order valence-corrected chi connectivity index (χ2v) is 7.99. The normalized spacial score (nSPS) is 23.6. The highest BCUT2D eigenvalue weighted by atomic mass is 16.6. The van der Waals surface area contributed by atoms with Gasteiger partial charge in [-0.3, -0.25) is 4.79 Å². The summed E-state index contributed by atoms with van der Waals surface area (Å²) in [6.07, 6.45) is 0.597. The fraction of sp³-hybridized carbons (Fsp3) is 0.882. The van der Waals surface area contributed by atoms with Gasteiger partial charge in [-0.15, -0.1) is 0 Å². The summed E-state index contributed by atoms with van der Waals surface area (Å²) in [6, 6.07) is -0.981. The molecule has 1 fully saturated rings. The molecule has 1 saturated heterocycles. The first-order chi connectivity index (χ1) is 11.0. The molecule has 0 aromatic rings. The number of aliphatic hydroxyl groups excluding tert-OH is 1. The van der Waals surface area contributed by atoms with Crippen LogP contribution in [0.5, 0.6) is 0 Å². The van der Waals surface area contributed by atoms with Gasteiger partial charge in [0, 0.05) is 6.54 Å². The summed E-state index contributed by atoms with van der Waals surface area (Å²) in [5.74, 6) is 0.0749. The van der Waals surface area contributed by atoms with Crippen LogP contribution >= 0.6 is 0 Å². The van der Waals surface area contributed by atoms with E-state index in [1.54, 1.807) is 20.8 Å². The molecule has 1 aliphatic rings. The first kappa shape index (κ1) is 20.7. The number of hydrogen-bond donors (Lipinski definition) is 3. The minimum atomic E-state index is -0.838. The molecule has 7 heteroatoms. The van der Waals surface area contributed by atoms with Crippen LogP contribution in [-0.2, 0) is 9.53 Å². The van der Waals surface area contributed by atoms with Gasteiger partial charge >= 0.3 is 6.09 Å². The SMILES string of the molecule is CC(C)CC(N)C(=O)NC1CCCN(C(=O)OC(C)(C)C)CC1O. The summed E-state index contributed by atoms with van der Waals surface area (Å²) < 4.78 is 5.35. The van der Waals surface area contributed by atoms with Crippen LogP contribution < -0.4 is 11.1 Å². The Kier molecular flexibility index (Phi) is 7.48. The third-order valence-electron chi connectivity index (χ3n) is 3.86. The van der Waals surface area contributed by atoms with Crippen LogP contribution in [0.4, 0.5) is 4.79 Å². The van der Waals surface area contributed by atoms with Crippen LogP contribution in [0.15, 0.2) is 0 Å². The molecule has 7 nitrogen and oxygen atoms in total. The van der Waals surface area contributed by atoms with Gasteiger partial charge in [-0.05, 0) is 46.0 Å². The molecule has 0 saturated carbocycles. The minimum Gasteiger partial charge on any atom is -0.444 e. The number of nitrogens with zero attached hydrogens (tertiary/aromatic N) is 1. The van der Waals surface area contributed by atoms with E-state index in [0.717, 1.165) is 0 Å². The predicted octanol–water partition coefficient (Wildman–Crippen LogP) is 1.24. The Hall–Kier alpha value is -1.34. The molecule has 0 aromatic heterocycles. The molecule has 2 amide bonds. The molecular weight excluding hydrogens is 310 g/mol. The smallest absolute Gasteiger partial charge is 0.410 e. The lowest BCUT2D eigenvalue weighted by atomic mass is 10.0. The molecule has 3 unspecified atom stereocenters. The van der Waals surface area contributed by atoms with E-state index >= 15 is 0 Å². The van der Waals surface area contributed by atoms with E-state index in [9.17, 15) is 14.7 Å².